The first-order chi connectivity index (χ1) is 21.3. The Bertz CT molecular complexity index is 1680. The number of aromatic nitrogens is 4. The molecule has 8 nitrogen and oxygen atoms in total. The number of ether oxygens (including phenoxy) is 1. The van der Waals surface area contributed by atoms with Crippen molar-refractivity contribution in [3.63, 3.8) is 0 Å². The third-order valence-corrected chi connectivity index (χ3v) is 17.2. The Morgan fingerprint density at radius 1 is 1.02 bits per heavy atom. The maximum atomic E-state index is 12.8. The van der Waals surface area contributed by atoms with Gasteiger partial charge in [0.15, 0.2) is 8.24 Å². The fraction of sp³-hybridized carbons (Fsp3) is 0.583. The molecule has 2 N–H and O–H groups in total. The SMILES string of the molecule is CC(C)[Si](C(C)C)(C(C)C)n1cc(C2CCN(C(=O)OC(C)(C)C)CC2)c2cc(Nc3ccc4c5c([nH]c4n3)CCC5)cnc21. The van der Waals surface area contributed by atoms with E-state index >= 15 is 0 Å². The molecule has 1 saturated heterocycles. The summed E-state index contributed by atoms with van der Waals surface area (Å²) in [5.41, 5.74) is 8.29. The lowest BCUT2D eigenvalue weighted by Crippen LogP contribution is -2.51. The lowest BCUT2D eigenvalue weighted by Gasteiger charge is -2.44. The highest BCUT2D eigenvalue weighted by Crippen LogP contribution is 2.46. The summed E-state index contributed by atoms with van der Waals surface area (Å²) in [5, 5.41) is 6.05. The fourth-order valence-electron chi connectivity index (χ4n) is 8.69. The first kappa shape index (κ1) is 31.6. The summed E-state index contributed by atoms with van der Waals surface area (Å²) in [6.45, 7) is 21.6. The van der Waals surface area contributed by atoms with Gasteiger partial charge in [-0.05, 0) is 105 Å². The number of aryl methyl sites for hydroxylation is 2. The number of hydrogen-bond donors (Lipinski definition) is 2. The van der Waals surface area contributed by atoms with Gasteiger partial charge in [0.1, 0.15) is 22.7 Å². The standard InChI is InChI=1S/C36H52N6O2Si/c1-22(2)45(23(3)4,24(5)6)42-21-30(25-15-17-41(18-16-25)35(43)44-36(7,8)9)29-19-26(20-37-34(29)42)38-32-14-13-28-27-11-10-12-31(27)39-33(28)40-32/h13-14,19-25H,10-12,15-18H2,1-9H3,(H2,38,39,40). The van der Waals surface area contributed by atoms with Crippen LogP contribution in [0.5, 0.6) is 0 Å². The minimum absolute atomic E-state index is 0.209. The molecule has 9 heteroatoms. The summed E-state index contributed by atoms with van der Waals surface area (Å²) < 4.78 is 8.34. The molecule has 2 aliphatic rings. The summed E-state index contributed by atoms with van der Waals surface area (Å²) in [7, 11) is -2.06. The van der Waals surface area contributed by atoms with Crippen LogP contribution in [0.3, 0.4) is 0 Å². The lowest BCUT2D eigenvalue weighted by molar-refractivity contribution is 0.0205. The van der Waals surface area contributed by atoms with Crippen LogP contribution in [-0.4, -0.2) is 57.1 Å². The van der Waals surface area contributed by atoms with Crippen molar-refractivity contribution in [3.8, 4) is 0 Å². The number of H-pyrrole nitrogens is 1. The molecule has 6 rings (SSSR count). The van der Waals surface area contributed by atoms with E-state index in [4.69, 9.17) is 14.7 Å². The summed E-state index contributed by atoms with van der Waals surface area (Å²) >= 11 is 0. The van der Waals surface area contributed by atoms with Gasteiger partial charge in [-0.15, -0.1) is 0 Å². The molecule has 1 aliphatic heterocycles. The van der Waals surface area contributed by atoms with Gasteiger partial charge in [-0.3, -0.25) is 0 Å². The molecule has 45 heavy (non-hydrogen) atoms. The van der Waals surface area contributed by atoms with Crippen LogP contribution < -0.4 is 5.32 Å². The molecule has 0 unspecified atom stereocenters. The van der Waals surface area contributed by atoms with Crippen LogP contribution in [0.1, 0.15) is 104 Å². The second-order valence-corrected chi connectivity index (χ2v) is 21.0. The highest BCUT2D eigenvalue weighted by atomic mass is 28.3. The van der Waals surface area contributed by atoms with Gasteiger partial charge in [-0.1, -0.05) is 41.5 Å². The topological polar surface area (TPSA) is 88.1 Å². The normalized spacial score (nSPS) is 16.5. The van der Waals surface area contributed by atoms with Crippen LogP contribution in [0.25, 0.3) is 22.1 Å². The Balaban J connectivity index is 1.38. The Morgan fingerprint density at radius 3 is 2.36 bits per heavy atom. The van der Waals surface area contributed by atoms with E-state index in [1.54, 1.807) is 0 Å². The van der Waals surface area contributed by atoms with Crippen molar-refractivity contribution in [3.05, 3.63) is 47.4 Å². The van der Waals surface area contributed by atoms with Gasteiger partial charge in [0.05, 0.1) is 11.9 Å². The largest absolute Gasteiger partial charge is 0.444 e. The molecule has 0 radical (unpaired) electrons. The van der Waals surface area contributed by atoms with E-state index in [0.717, 1.165) is 48.5 Å². The molecule has 4 aromatic rings. The highest BCUT2D eigenvalue weighted by Gasteiger charge is 2.46. The van der Waals surface area contributed by atoms with Crippen LogP contribution in [-0.2, 0) is 17.6 Å². The molecule has 0 aromatic carbocycles. The maximum absolute atomic E-state index is 12.8. The third-order valence-electron chi connectivity index (χ3n) is 10.4. The Morgan fingerprint density at radius 2 is 1.71 bits per heavy atom. The van der Waals surface area contributed by atoms with Crippen LogP contribution in [0.15, 0.2) is 30.6 Å². The average Bonchev–Trinajstić information content (AvgIpc) is 3.65. The van der Waals surface area contributed by atoms with E-state index in [1.807, 2.05) is 31.9 Å². The number of fused-ring (bicyclic) bond motifs is 4. The number of nitrogens with one attached hydrogen (secondary N) is 2. The van der Waals surface area contributed by atoms with Crippen molar-refractivity contribution in [2.45, 2.75) is 123 Å². The summed E-state index contributed by atoms with van der Waals surface area (Å²) in [6.07, 6.45) is 9.52. The van der Waals surface area contributed by atoms with Gasteiger partial charge in [0, 0.05) is 35.8 Å². The molecular weight excluding hydrogens is 577 g/mol. The van der Waals surface area contributed by atoms with Crippen LogP contribution >= 0.6 is 0 Å². The molecule has 0 spiro atoms. The fourth-order valence-corrected chi connectivity index (χ4v) is 15.3. The predicted molar refractivity (Wildman–Crippen MR) is 187 cm³/mol. The number of nitrogens with zero attached hydrogens (tertiary/aromatic N) is 4. The van der Waals surface area contributed by atoms with Crippen molar-refractivity contribution < 1.29 is 9.53 Å². The Labute approximate surface area is 269 Å². The molecule has 0 bridgehead atoms. The molecule has 1 amide bonds. The number of carbonyl (C=O) groups excluding carboxylic acids is 1. The van der Waals surface area contributed by atoms with Crippen molar-refractivity contribution in [2.24, 2.45) is 0 Å². The van der Waals surface area contributed by atoms with Gasteiger partial charge in [0.2, 0.25) is 0 Å². The second-order valence-electron chi connectivity index (χ2n) is 15.3. The van der Waals surface area contributed by atoms with Gasteiger partial charge < -0.3 is 24.2 Å². The van der Waals surface area contributed by atoms with E-state index < -0.39 is 13.8 Å². The lowest BCUT2D eigenvalue weighted by atomic mass is 9.89. The molecule has 4 aromatic heterocycles. The third kappa shape index (κ3) is 5.66. The smallest absolute Gasteiger partial charge is 0.410 e. The number of aromatic amines is 1. The predicted octanol–water partition coefficient (Wildman–Crippen LogP) is 9.28. The molecular formula is C36H52N6O2Si. The maximum Gasteiger partial charge on any atom is 0.410 e. The summed E-state index contributed by atoms with van der Waals surface area (Å²) in [6, 6.07) is 6.58. The molecule has 242 valence electrons. The number of likely N-dealkylation sites (tertiary alicyclic amines) is 1. The molecule has 0 atom stereocenters. The first-order valence-corrected chi connectivity index (χ1v) is 19.2. The van der Waals surface area contributed by atoms with E-state index in [0.29, 0.717) is 35.6 Å². The van der Waals surface area contributed by atoms with Crippen LogP contribution in [0.2, 0.25) is 16.6 Å². The number of carbonyl (C=O) groups is 1. The van der Waals surface area contributed by atoms with Crippen LogP contribution in [0.4, 0.5) is 16.3 Å². The first-order valence-electron chi connectivity index (χ1n) is 17.1. The van der Waals surface area contributed by atoms with Crippen molar-refractivity contribution in [1.29, 1.82) is 0 Å². The van der Waals surface area contributed by atoms with Gasteiger partial charge in [0.25, 0.3) is 0 Å². The van der Waals surface area contributed by atoms with Gasteiger partial charge >= 0.3 is 6.09 Å². The number of anilines is 2. The molecule has 1 fully saturated rings. The number of amides is 1. The second kappa shape index (κ2) is 11.8. The van der Waals surface area contributed by atoms with Crippen LogP contribution in [0, 0.1) is 0 Å². The Kier molecular flexibility index (Phi) is 8.29. The minimum atomic E-state index is -2.06. The monoisotopic (exact) mass is 628 g/mol. The molecule has 0 saturated carbocycles. The molecule has 1 aliphatic carbocycles. The van der Waals surface area contributed by atoms with Crippen molar-refractivity contribution >= 4 is 47.9 Å². The molecule has 5 heterocycles. The van der Waals surface area contributed by atoms with E-state index in [-0.39, 0.29) is 6.09 Å². The van der Waals surface area contributed by atoms with Crippen molar-refractivity contribution in [1.82, 2.24) is 24.1 Å². The summed E-state index contributed by atoms with van der Waals surface area (Å²) in [4.78, 5) is 28.4. The zero-order valence-electron chi connectivity index (χ0n) is 28.8. The van der Waals surface area contributed by atoms with E-state index in [9.17, 15) is 4.79 Å². The number of pyridine rings is 2. The van der Waals surface area contributed by atoms with Gasteiger partial charge in [-0.2, -0.15) is 0 Å². The number of piperidine rings is 1. The minimum Gasteiger partial charge on any atom is -0.444 e. The van der Waals surface area contributed by atoms with E-state index in [2.05, 4.69) is 80.5 Å². The highest BCUT2D eigenvalue weighted by molar-refractivity contribution is 6.82. The average molecular weight is 629 g/mol. The Hall–Kier alpha value is -3.33. The zero-order valence-corrected chi connectivity index (χ0v) is 29.8. The number of hydrogen-bond acceptors (Lipinski definition) is 5. The summed E-state index contributed by atoms with van der Waals surface area (Å²) in [5.74, 6) is 1.17. The van der Waals surface area contributed by atoms with E-state index in [1.165, 1.54) is 34.0 Å². The zero-order chi connectivity index (χ0) is 32.3. The van der Waals surface area contributed by atoms with Gasteiger partial charge in [-0.25, -0.2) is 14.8 Å². The quantitative estimate of drug-likeness (QED) is 0.199. The number of rotatable bonds is 7. The van der Waals surface area contributed by atoms with Crippen molar-refractivity contribution in [2.75, 3.05) is 18.4 Å².